The molecule has 0 aromatic carbocycles. The summed E-state index contributed by atoms with van der Waals surface area (Å²) in [7, 11) is 0. The van der Waals surface area contributed by atoms with Gasteiger partial charge in [-0.15, -0.1) is 6.10 Å². The normalized spacial score (nSPS) is 30.6. The van der Waals surface area contributed by atoms with Crippen molar-refractivity contribution in [3.05, 3.63) is 0 Å². The van der Waals surface area contributed by atoms with Gasteiger partial charge in [0, 0.05) is 12.3 Å². The van der Waals surface area contributed by atoms with Crippen molar-refractivity contribution in [3.63, 3.8) is 0 Å². The fraction of sp³-hybridized carbons (Fsp3) is 0.923. The van der Waals surface area contributed by atoms with Crippen molar-refractivity contribution in [2.24, 2.45) is 10.9 Å². The Bertz CT molecular complexity index is 219. The predicted molar refractivity (Wildman–Crippen MR) is 66.9 cm³/mol. The van der Waals surface area contributed by atoms with Gasteiger partial charge in [0.15, 0.2) is 0 Å². The molecule has 0 amide bonds. The molecule has 94 valence electrons. The Kier molecular flexibility index (Phi) is 9.98. The third-order valence-corrected chi connectivity index (χ3v) is 3.81. The second-order valence-corrected chi connectivity index (χ2v) is 5.09. The fourth-order valence-electron chi connectivity index (χ4n) is 2.76. The van der Waals surface area contributed by atoms with Gasteiger partial charge in [-0.3, -0.25) is 4.99 Å². The van der Waals surface area contributed by atoms with Crippen LogP contribution in [-0.2, 0) is 0 Å². The molecule has 17 heavy (non-hydrogen) atoms. The number of nitrogens with zero attached hydrogens (tertiary/aromatic N) is 1. The van der Waals surface area contributed by atoms with Crippen molar-refractivity contribution in [1.82, 2.24) is 0 Å². The first kappa shape index (κ1) is 17.7. The Balaban J connectivity index is 0.00000128. The molecule has 2 saturated carbocycles. The molecule has 0 aromatic rings. The van der Waals surface area contributed by atoms with Crippen LogP contribution in [0.5, 0.6) is 0 Å². The summed E-state index contributed by atoms with van der Waals surface area (Å²) in [5.74, 6) is 0.674. The van der Waals surface area contributed by atoms with E-state index in [-0.39, 0.29) is 41.5 Å². The van der Waals surface area contributed by atoms with Gasteiger partial charge in [0.05, 0.1) is 0 Å². The van der Waals surface area contributed by atoms with Crippen LogP contribution < -0.4 is 17.5 Å². The van der Waals surface area contributed by atoms with Crippen LogP contribution in [-0.4, -0.2) is 41.4 Å². The topological polar surface area (TPSA) is 35.4 Å². The van der Waals surface area contributed by atoms with E-state index in [0.29, 0.717) is 5.92 Å². The molecular weight excluding hydrogens is 246 g/mol. The van der Waals surface area contributed by atoms with Gasteiger partial charge in [-0.25, -0.2) is 0 Å². The minimum atomic E-state index is -0.418. The van der Waals surface area contributed by atoms with Crippen LogP contribution in [0.25, 0.3) is 0 Å². The van der Waals surface area contributed by atoms with Gasteiger partial charge in [0.25, 0.3) is 0 Å². The van der Waals surface area contributed by atoms with E-state index in [0.717, 1.165) is 19.3 Å². The second-order valence-electron chi connectivity index (χ2n) is 5.09. The third kappa shape index (κ3) is 5.91. The Morgan fingerprint density at radius 3 is 2.12 bits per heavy atom. The maximum atomic E-state index is 11.6. The monoisotopic (exact) mass is 267 g/mol. The molecule has 2 aliphatic rings. The summed E-state index contributed by atoms with van der Waals surface area (Å²) in [6.07, 6.45) is 12.5. The van der Waals surface area contributed by atoms with Crippen LogP contribution in [0.1, 0.15) is 57.8 Å². The van der Waals surface area contributed by atoms with Gasteiger partial charge in [-0.2, -0.15) is 0 Å². The number of hydrogen-bond donors (Lipinski definition) is 0. The number of halogens is 1. The number of aliphatic imine (C=N–C) groups is 1. The van der Waals surface area contributed by atoms with Crippen LogP contribution in [0, 0.1) is 5.92 Å². The van der Waals surface area contributed by atoms with Crippen LogP contribution in [0.4, 0.5) is 0 Å². The quantitative estimate of drug-likeness (QED) is 0.464. The first-order chi connectivity index (χ1) is 7.36. The van der Waals surface area contributed by atoms with Gasteiger partial charge < -0.3 is 17.5 Å². The van der Waals surface area contributed by atoms with Crippen molar-refractivity contribution < 1.29 is 17.5 Å². The Hall–Kier alpha value is 0.686. The molecule has 0 spiro atoms. The Morgan fingerprint density at radius 1 is 0.882 bits per heavy atom. The molecule has 2 aliphatic carbocycles. The standard InChI is InChI=1S/C13H22NO.ClH.Mg/c15-13-9-5-4-8-12(13)14-10-11-6-2-1-3-7-11;;/h10-13H,1-9H2;1H;/q-1;;+2/p-1. The van der Waals surface area contributed by atoms with E-state index in [1.54, 1.807) is 0 Å². The van der Waals surface area contributed by atoms with Gasteiger partial charge in [0.1, 0.15) is 0 Å². The molecule has 2 rings (SSSR count). The van der Waals surface area contributed by atoms with E-state index < -0.39 is 6.10 Å². The maximum Gasteiger partial charge on any atom is 2.00 e. The summed E-state index contributed by atoms with van der Waals surface area (Å²) in [5.41, 5.74) is 0. The molecule has 0 N–H and O–H groups in total. The van der Waals surface area contributed by atoms with Crippen molar-refractivity contribution in [2.45, 2.75) is 69.9 Å². The summed E-state index contributed by atoms with van der Waals surface area (Å²) in [4.78, 5) is 4.55. The smallest absolute Gasteiger partial charge is 1.00 e. The Morgan fingerprint density at radius 2 is 1.47 bits per heavy atom. The Labute approximate surface area is 127 Å². The molecule has 2 unspecified atom stereocenters. The summed E-state index contributed by atoms with van der Waals surface area (Å²) in [5, 5.41) is 11.6. The largest absolute Gasteiger partial charge is 2.00 e. The molecule has 0 bridgehead atoms. The average Bonchev–Trinajstić information content (AvgIpc) is 2.29. The first-order valence-electron chi connectivity index (χ1n) is 6.55. The van der Waals surface area contributed by atoms with Crippen molar-refractivity contribution in [2.75, 3.05) is 0 Å². The van der Waals surface area contributed by atoms with Crippen LogP contribution in [0.2, 0.25) is 0 Å². The minimum absolute atomic E-state index is 0. The zero-order valence-corrected chi connectivity index (χ0v) is 12.8. The van der Waals surface area contributed by atoms with Gasteiger partial charge >= 0.3 is 23.1 Å². The zero-order valence-electron chi connectivity index (χ0n) is 10.6. The van der Waals surface area contributed by atoms with Crippen molar-refractivity contribution in [1.29, 1.82) is 0 Å². The van der Waals surface area contributed by atoms with E-state index in [9.17, 15) is 5.11 Å². The van der Waals surface area contributed by atoms with Crippen LogP contribution >= 0.6 is 0 Å². The molecule has 0 saturated heterocycles. The van der Waals surface area contributed by atoms with E-state index in [2.05, 4.69) is 11.2 Å². The number of rotatable bonds is 2. The first-order valence-corrected chi connectivity index (χ1v) is 6.55. The predicted octanol–water partition coefficient (Wildman–Crippen LogP) is -1.07. The molecule has 2 fully saturated rings. The molecule has 2 nitrogen and oxygen atoms in total. The van der Waals surface area contributed by atoms with E-state index in [1.807, 2.05) is 0 Å². The maximum absolute atomic E-state index is 11.6. The molecule has 0 aliphatic heterocycles. The third-order valence-electron chi connectivity index (χ3n) is 3.81. The second kappa shape index (κ2) is 9.59. The summed E-state index contributed by atoms with van der Waals surface area (Å²) in [6, 6.07) is 0.0978. The van der Waals surface area contributed by atoms with Crippen LogP contribution in [0.3, 0.4) is 0 Å². The van der Waals surface area contributed by atoms with Gasteiger partial charge in [0.2, 0.25) is 0 Å². The van der Waals surface area contributed by atoms with Crippen LogP contribution in [0.15, 0.2) is 4.99 Å². The van der Waals surface area contributed by atoms with E-state index in [4.69, 9.17) is 0 Å². The minimum Gasteiger partial charge on any atom is -1.00 e. The fourth-order valence-corrected chi connectivity index (χ4v) is 2.76. The summed E-state index contributed by atoms with van der Waals surface area (Å²) < 4.78 is 0. The van der Waals surface area contributed by atoms with Gasteiger partial charge in [-0.1, -0.05) is 38.5 Å². The molecule has 0 aromatic heterocycles. The van der Waals surface area contributed by atoms with E-state index in [1.165, 1.54) is 38.5 Å². The average molecular weight is 268 g/mol. The van der Waals surface area contributed by atoms with E-state index >= 15 is 0 Å². The summed E-state index contributed by atoms with van der Waals surface area (Å²) in [6.45, 7) is 0. The molecular formula is C13H22ClMgNO. The summed E-state index contributed by atoms with van der Waals surface area (Å²) >= 11 is 0. The molecule has 0 radical (unpaired) electrons. The van der Waals surface area contributed by atoms with Crippen molar-refractivity contribution >= 4 is 29.3 Å². The molecule has 0 heterocycles. The molecule has 4 heteroatoms. The molecule has 2 atom stereocenters. The zero-order chi connectivity index (χ0) is 10.5. The van der Waals surface area contributed by atoms with Gasteiger partial charge in [-0.05, 0) is 25.2 Å². The number of hydrogen-bond acceptors (Lipinski definition) is 2. The van der Waals surface area contributed by atoms with Crippen molar-refractivity contribution in [3.8, 4) is 0 Å². The SMILES string of the molecule is [Cl-].[Mg+2].[O-]C1CCCCC1N=CC1CCCCC1.